The molecule has 0 saturated heterocycles. The van der Waals surface area contributed by atoms with Gasteiger partial charge in [-0.3, -0.25) is 14.4 Å². The number of aliphatic carboxylic acids is 1. The van der Waals surface area contributed by atoms with Gasteiger partial charge in [-0.2, -0.15) is 11.8 Å². The summed E-state index contributed by atoms with van der Waals surface area (Å²) >= 11 is 1.52. The van der Waals surface area contributed by atoms with Gasteiger partial charge in [0.15, 0.2) is 0 Å². The SMILES string of the molecule is CSCCC(N)C(=O)NC(CO)C(=O)NC(CCCCN)C(=O)NC(Cc1c[nH]c2ccccc12)C(=O)O. The second-order valence-corrected chi connectivity index (χ2v) is 9.93. The van der Waals surface area contributed by atoms with Crippen molar-refractivity contribution in [1.29, 1.82) is 0 Å². The number of aromatic nitrogens is 1. The second kappa shape index (κ2) is 16.0. The standard InChI is InChI=1S/C25H38N6O6S/c1-38-11-9-17(27)22(33)31-21(14-32)24(35)29-19(8-4-5-10-26)23(34)30-20(25(36)37)12-15-13-28-18-7-3-2-6-16(15)18/h2-3,6-7,13,17,19-21,28,32H,4-5,8-12,14,26-27H2,1H3,(H,29,35)(H,30,34)(H,31,33)(H,36,37). The second-order valence-electron chi connectivity index (χ2n) is 8.94. The van der Waals surface area contributed by atoms with E-state index >= 15 is 0 Å². The van der Waals surface area contributed by atoms with E-state index in [9.17, 15) is 29.4 Å². The number of aromatic amines is 1. The van der Waals surface area contributed by atoms with Gasteiger partial charge in [0.05, 0.1) is 12.6 Å². The van der Waals surface area contributed by atoms with Crippen LogP contribution in [-0.2, 0) is 25.6 Å². The maximum atomic E-state index is 13.1. The zero-order chi connectivity index (χ0) is 28.1. The Labute approximate surface area is 225 Å². The molecule has 0 aliphatic rings. The van der Waals surface area contributed by atoms with Crippen molar-refractivity contribution in [3.8, 4) is 0 Å². The van der Waals surface area contributed by atoms with Gasteiger partial charge in [-0.15, -0.1) is 0 Å². The minimum Gasteiger partial charge on any atom is -0.480 e. The smallest absolute Gasteiger partial charge is 0.326 e. The highest BCUT2D eigenvalue weighted by atomic mass is 32.2. The summed E-state index contributed by atoms with van der Waals surface area (Å²) in [5, 5.41) is 27.8. The normalized spacial score (nSPS) is 14.3. The summed E-state index contributed by atoms with van der Waals surface area (Å²) in [6.07, 6.45) is 5.26. The van der Waals surface area contributed by atoms with E-state index in [1.54, 1.807) is 6.20 Å². The Kier molecular flexibility index (Phi) is 13.1. The Balaban J connectivity index is 2.11. The largest absolute Gasteiger partial charge is 0.480 e. The lowest BCUT2D eigenvalue weighted by Gasteiger charge is -2.24. The molecule has 2 rings (SSSR count). The summed E-state index contributed by atoms with van der Waals surface area (Å²) in [7, 11) is 0. The summed E-state index contributed by atoms with van der Waals surface area (Å²) in [5.41, 5.74) is 13.0. The Bertz CT molecular complexity index is 1080. The fourth-order valence-electron chi connectivity index (χ4n) is 3.88. The van der Waals surface area contributed by atoms with E-state index in [4.69, 9.17) is 11.5 Å². The molecule has 0 bridgehead atoms. The summed E-state index contributed by atoms with van der Waals surface area (Å²) in [4.78, 5) is 53.4. The van der Waals surface area contributed by atoms with Crippen LogP contribution in [0.5, 0.6) is 0 Å². The molecule has 3 amide bonds. The van der Waals surface area contributed by atoms with E-state index in [1.807, 2.05) is 30.5 Å². The number of para-hydroxylation sites is 1. The number of benzene rings is 1. The molecule has 210 valence electrons. The molecule has 0 saturated carbocycles. The quantitative estimate of drug-likeness (QED) is 0.119. The molecule has 2 aromatic rings. The predicted molar refractivity (Wildman–Crippen MR) is 146 cm³/mol. The van der Waals surface area contributed by atoms with Crippen molar-refractivity contribution in [2.24, 2.45) is 11.5 Å². The van der Waals surface area contributed by atoms with Crippen LogP contribution >= 0.6 is 11.8 Å². The van der Waals surface area contributed by atoms with Gasteiger partial charge in [0.2, 0.25) is 17.7 Å². The minimum atomic E-state index is -1.32. The summed E-state index contributed by atoms with van der Waals surface area (Å²) in [5.74, 6) is -2.65. The van der Waals surface area contributed by atoms with Crippen molar-refractivity contribution in [1.82, 2.24) is 20.9 Å². The molecule has 0 radical (unpaired) electrons. The number of hydrogen-bond donors (Lipinski definition) is 8. The number of nitrogens with two attached hydrogens (primary N) is 2. The van der Waals surface area contributed by atoms with Crippen molar-refractivity contribution in [3.05, 3.63) is 36.0 Å². The summed E-state index contributed by atoms with van der Waals surface area (Å²) in [6.45, 7) is -0.327. The molecular weight excluding hydrogens is 512 g/mol. The van der Waals surface area contributed by atoms with E-state index in [0.717, 1.165) is 16.5 Å². The average Bonchev–Trinajstić information content (AvgIpc) is 3.31. The molecule has 0 spiro atoms. The number of H-pyrrole nitrogens is 1. The fraction of sp³-hybridized carbons (Fsp3) is 0.520. The number of unbranched alkanes of at least 4 members (excludes halogenated alkanes) is 1. The fourth-order valence-corrected chi connectivity index (χ4v) is 4.37. The van der Waals surface area contributed by atoms with Crippen molar-refractivity contribution in [3.63, 3.8) is 0 Å². The maximum Gasteiger partial charge on any atom is 0.326 e. The third kappa shape index (κ3) is 9.31. The molecule has 0 aliphatic carbocycles. The molecule has 13 heteroatoms. The first-order chi connectivity index (χ1) is 18.2. The van der Waals surface area contributed by atoms with Crippen LogP contribution in [0.2, 0.25) is 0 Å². The number of carbonyl (C=O) groups excluding carboxylic acids is 3. The highest BCUT2D eigenvalue weighted by molar-refractivity contribution is 7.98. The lowest BCUT2D eigenvalue weighted by Crippen LogP contribution is -2.58. The maximum absolute atomic E-state index is 13.1. The molecule has 0 fully saturated rings. The highest BCUT2D eigenvalue weighted by Gasteiger charge is 2.30. The Morgan fingerprint density at radius 2 is 1.63 bits per heavy atom. The topological polar surface area (TPSA) is 213 Å². The first-order valence-electron chi connectivity index (χ1n) is 12.5. The van der Waals surface area contributed by atoms with Crippen LogP contribution in [0.25, 0.3) is 10.9 Å². The van der Waals surface area contributed by atoms with Crippen molar-refractivity contribution in [2.45, 2.75) is 56.3 Å². The molecule has 4 atom stereocenters. The third-order valence-electron chi connectivity index (χ3n) is 6.08. The van der Waals surface area contributed by atoms with Crippen molar-refractivity contribution < 1.29 is 29.4 Å². The number of amides is 3. The van der Waals surface area contributed by atoms with E-state index in [0.29, 0.717) is 31.6 Å². The predicted octanol–water partition coefficient (Wildman–Crippen LogP) is -0.549. The van der Waals surface area contributed by atoms with Crippen molar-refractivity contribution in [2.75, 3.05) is 25.2 Å². The monoisotopic (exact) mass is 550 g/mol. The van der Waals surface area contributed by atoms with Crippen LogP contribution in [0.1, 0.15) is 31.2 Å². The molecule has 0 aliphatic heterocycles. The number of nitrogens with one attached hydrogen (secondary N) is 4. The molecule has 4 unspecified atom stereocenters. The van der Waals surface area contributed by atoms with Crippen LogP contribution in [0.15, 0.2) is 30.5 Å². The van der Waals surface area contributed by atoms with E-state index in [1.165, 1.54) is 11.8 Å². The lowest BCUT2D eigenvalue weighted by atomic mass is 10.0. The number of rotatable bonds is 17. The minimum absolute atomic E-state index is 0.0256. The third-order valence-corrected chi connectivity index (χ3v) is 6.72. The zero-order valence-electron chi connectivity index (χ0n) is 21.4. The van der Waals surface area contributed by atoms with Gasteiger partial charge in [0.25, 0.3) is 0 Å². The van der Waals surface area contributed by atoms with E-state index in [-0.39, 0.29) is 12.8 Å². The summed E-state index contributed by atoms with van der Waals surface area (Å²) in [6, 6.07) is 2.88. The number of carboxylic acid groups (broad SMARTS) is 1. The van der Waals surface area contributed by atoms with Gasteiger partial charge in [-0.1, -0.05) is 18.2 Å². The number of aliphatic hydroxyl groups is 1. The van der Waals surface area contributed by atoms with Gasteiger partial charge in [-0.05, 0) is 55.9 Å². The molecule has 10 N–H and O–H groups in total. The molecule has 1 aromatic heterocycles. The molecule has 12 nitrogen and oxygen atoms in total. The first-order valence-corrected chi connectivity index (χ1v) is 13.9. The molecule has 1 heterocycles. The van der Waals surface area contributed by atoms with Gasteiger partial charge in [0, 0.05) is 23.5 Å². The van der Waals surface area contributed by atoms with Gasteiger partial charge >= 0.3 is 5.97 Å². The van der Waals surface area contributed by atoms with Crippen LogP contribution in [0.4, 0.5) is 0 Å². The van der Waals surface area contributed by atoms with E-state index in [2.05, 4.69) is 20.9 Å². The number of fused-ring (bicyclic) bond motifs is 1. The van der Waals surface area contributed by atoms with Gasteiger partial charge in [-0.25, -0.2) is 4.79 Å². The molecule has 1 aromatic carbocycles. The Morgan fingerprint density at radius 3 is 2.29 bits per heavy atom. The number of thioether (sulfide) groups is 1. The van der Waals surface area contributed by atoms with Crippen LogP contribution in [0.3, 0.4) is 0 Å². The highest BCUT2D eigenvalue weighted by Crippen LogP contribution is 2.19. The number of carboxylic acids is 1. The number of hydrogen-bond acceptors (Lipinski definition) is 8. The van der Waals surface area contributed by atoms with Crippen LogP contribution in [-0.4, -0.2) is 88.2 Å². The molecule has 38 heavy (non-hydrogen) atoms. The Morgan fingerprint density at radius 1 is 0.974 bits per heavy atom. The Hall–Kier alpha value is -3.13. The average molecular weight is 551 g/mol. The summed E-state index contributed by atoms with van der Waals surface area (Å²) < 4.78 is 0. The number of aliphatic hydroxyl groups excluding tert-OH is 1. The van der Waals surface area contributed by atoms with E-state index < -0.39 is 54.5 Å². The van der Waals surface area contributed by atoms with Crippen molar-refractivity contribution >= 4 is 46.4 Å². The molecular formula is C25H38N6O6S. The van der Waals surface area contributed by atoms with Gasteiger partial charge in [0.1, 0.15) is 18.1 Å². The number of carbonyl (C=O) groups is 4. The zero-order valence-corrected chi connectivity index (χ0v) is 22.3. The first kappa shape index (κ1) is 31.1. The van der Waals surface area contributed by atoms with Crippen LogP contribution < -0.4 is 27.4 Å². The van der Waals surface area contributed by atoms with Crippen LogP contribution in [0, 0.1) is 0 Å². The lowest BCUT2D eigenvalue weighted by molar-refractivity contribution is -0.142. The van der Waals surface area contributed by atoms with Gasteiger partial charge < -0.3 is 42.6 Å².